The number of carboxylic acid groups (broad SMARTS) is 2. The lowest BCUT2D eigenvalue weighted by Gasteiger charge is -2.23. The first-order valence-corrected chi connectivity index (χ1v) is 7.10. The van der Waals surface area contributed by atoms with Gasteiger partial charge in [-0.05, 0) is 0 Å². The highest BCUT2D eigenvalue weighted by Crippen LogP contribution is 2.12. The van der Waals surface area contributed by atoms with E-state index in [-0.39, 0.29) is 0 Å². The zero-order valence-corrected chi connectivity index (χ0v) is 14.0. The number of methoxy groups -OCH3 is 2. The first kappa shape index (κ1) is 22.8. The van der Waals surface area contributed by atoms with Crippen LogP contribution in [0.5, 0.6) is 0 Å². The minimum atomic E-state index is -2.05. The van der Waals surface area contributed by atoms with Crippen molar-refractivity contribution in [2.24, 2.45) is 0 Å². The quantitative estimate of drug-likeness (QED) is 0.327. The molecule has 0 saturated carbocycles. The Balaban J connectivity index is 5.28. The van der Waals surface area contributed by atoms with Crippen molar-refractivity contribution in [1.82, 2.24) is 0 Å². The molecule has 0 aromatic rings. The number of hydrogen-bond donors (Lipinski definition) is 2. The van der Waals surface area contributed by atoms with E-state index in [9.17, 15) is 28.8 Å². The van der Waals surface area contributed by atoms with Crippen molar-refractivity contribution in [3.05, 3.63) is 0 Å². The molecule has 0 aliphatic rings. The lowest BCUT2D eigenvalue weighted by atomic mass is 10.2. The van der Waals surface area contributed by atoms with Gasteiger partial charge in [-0.15, -0.1) is 0 Å². The summed E-state index contributed by atoms with van der Waals surface area (Å²) in [5.41, 5.74) is 0. The van der Waals surface area contributed by atoms with Crippen molar-refractivity contribution in [2.75, 3.05) is 14.2 Å². The number of carboxylic acids is 2. The monoisotopic (exact) mass is 378 g/mol. The van der Waals surface area contributed by atoms with Crippen LogP contribution in [0.1, 0.15) is 25.7 Å². The SMILES string of the molecule is COC(=O)C(OC(=O)CCC(=O)O)C(OC(=O)CCC(=O)O)C(=O)OC. The van der Waals surface area contributed by atoms with E-state index >= 15 is 0 Å². The number of aliphatic carboxylic acids is 2. The van der Waals surface area contributed by atoms with Crippen LogP contribution in [-0.2, 0) is 47.7 Å². The third-order valence-corrected chi connectivity index (χ3v) is 2.74. The standard InChI is InChI=1S/C14H18O12/c1-23-13(21)11(25-9(19)5-3-7(15)16)12(14(22)24-2)26-10(20)6-4-8(17)18/h11-12H,3-6H2,1-2H3,(H,15,16)(H,17,18). The van der Waals surface area contributed by atoms with Crippen LogP contribution in [0.25, 0.3) is 0 Å². The Labute approximate surface area is 146 Å². The number of rotatable bonds is 11. The molecule has 0 fully saturated rings. The van der Waals surface area contributed by atoms with E-state index in [1.165, 1.54) is 0 Å². The van der Waals surface area contributed by atoms with Crippen molar-refractivity contribution in [3.8, 4) is 0 Å². The summed E-state index contributed by atoms with van der Waals surface area (Å²) < 4.78 is 18.1. The predicted molar refractivity (Wildman–Crippen MR) is 77.5 cm³/mol. The lowest BCUT2D eigenvalue weighted by molar-refractivity contribution is -0.190. The zero-order chi connectivity index (χ0) is 20.3. The van der Waals surface area contributed by atoms with Gasteiger partial charge in [0.05, 0.1) is 39.9 Å². The van der Waals surface area contributed by atoms with Gasteiger partial charge < -0.3 is 29.2 Å². The van der Waals surface area contributed by atoms with Gasteiger partial charge in [0.25, 0.3) is 0 Å². The molecule has 0 aliphatic carbocycles. The molecule has 0 rings (SSSR count). The summed E-state index contributed by atoms with van der Waals surface area (Å²) in [5.74, 6) is -7.48. The van der Waals surface area contributed by atoms with Crippen molar-refractivity contribution < 1.29 is 57.9 Å². The molecule has 0 aromatic carbocycles. The van der Waals surface area contributed by atoms with Crippen LogP contribution >= 0.6 is 0 Å². The van der Waals surface area contributed by atoms with E-state index < -0.39 is 73.7 Å². The average Bonchev–Trinajstić information content (AvgIpc) is 2.59. The number of ether oxygens (including phenoxy) is 4. The second-order valence-electron chi connectivity index (χ2n) is 4.65. The van der Waals surface area contributed by atoms with Gasteiger partial charge in [-0.3, -0.25) is 19.2 Å². The molecule has 0 radical (unpaired) electrons. The summed E-state index contributed by atoms with van der Waals surface area (Å²) in [7, 11) is 1.81. The minimum Gasteiger partial charge on any atom is -0.481 e. The third-order valence-electron chi connectivity index (χ3n) is 2.74. The Morgan fingerprint density at radius 3 is 1.19 bits per heavy atom. The molecular formula is C14H18O12. The molecule has 0 heterocycles. The fraction of sp³-hybridized carbons (Fsp3) is 0.571. The molecule has 12 heteroatoms. The van der Waals surface area contributed by atoms with Gasteiger partial charge in [-0.25, -0.2) is 9.59 Å². The molecule has 0 aliphatic heterocycles. The molecule has 2 atom stereocenters. The van der Waals surface area contributed by atoms with Crippen molar-refractivity contribution in [3.63, 3.8) is 0 Å². The summed E-state index contributed by atoms with van der Waals surface area (Å²) in [4.78, 5) is 67.7. The molecule has 26 heavy (non-hydrogen) atoms. The van der Waals surface area contributed by atoms with E-state index in [0.717, 1.165) is 14.2 Å². The third kappa shape index (κ3) is 8.61. The number of carbonyl (C=O) groups excluding carboxylic acids is 4. The first-order chi connectivity index (χ1) is 12.1. The van der Waals surface area contributed by atoms with Gasteiger partial charge in [0, 0.05) is 0 Å². The van der Waals surface area contributed by atoms with Gasteiger partial charge in [0.15, 0.2) is 0 Å². The van der Waals surface area contributed by atoms with Crippen molar-refractivity contribution in [1.29, 1.82) is 0 Å². The summed E-state index contributed by atoms with van der Waals surface area (Å²) in [6, 6.07) is 0. The molecule has 2 N–H and O–H groups in total. The number of carbonyl (C=O) groups is 6. The Kier molecular flexibility index (Phi) is 9.99. The van der Waals surface area contributed by atoms with Crippen LogP contribution in [0.4, 0.5) is 0 Å². The molecule has 0 aromatic heterocycles. The summed E-state index contributed by atoms with van der Waals surface area (Å²) in [5, 5.41) is 17.0. The average molecular weight is 378 g/mol. The van der Waals surface area contributed by atoms with E-state index in [4.69, 9.17) is 19.7 Å². The Morgan fingerprint density at radius 1 is 0.654 bits per heavy atom. The van der Waals surface area contributed by atoms with E-state index in [2.05, 4.69) is 9.47 Å². The normalized spacial score (nSPS) is 12.2. The van der Waals surface area contributed by atoms with E-state index in [0.29, 0.717) is 0 Å². The summed E-state index contributed by atoms with van der Waals surface area (Å²) in [6.07, 6.45) is -6.56. The fourth-order valence-electron chi connectivity index (χ4n) is 1.52. The fourth-order valence-corrected chi connectivity index (χ4v) is 1.52. The van der Waals surface area contributed by atoms with Gasteiger partial charge in [-0.2, -0.15) is 0 Å². The molecule has 0 spiro atoms. The molecule has 2 unspecified atom stereocenters. The lowest BCUT2D eigenvalue weighted by Crippen LogP contribution is -2.47. The minimum absolute atomic E-state index is 0.603. The zero-order valence-electron chi connectivity index (χ0n) is 14.0. The second kappa shape index (κ2) is 11.4. The largest absolute Gasteiger partial charge is 0.481 e. The second-order valence-corrected chi connectivity index (χ2v) is 4.65. The summed E-state index contributed by atoms with van der Waals surface area (Å²) in [6.45, 7) is 0. The maximum Gasteiger partial charge on any atom is 0.351 e. The van der Waals surface area contributed by atoms with E-state index in [1.54, 1.807) is 0 Å². The highest BCUT2D eigenvalue weighted by molar-refractivity contribution is 5.90. The molecule has 0 amide bonds. The highest BCUT2D eigenvalue weighted by atomic mass is 16.6. The summed E-state index contributed by atoms with van der Waals surface area (Å²) >= 11 is 0. The van der Waals surface area contributed by atoms with Gasteiger partial charge in [0.1, 0.15) is 0 Å². The Bertz CT molecular complexity index is 516. The van der Waals surface area contributed by atoms with Crippen molar-refractivity contribution >= 4 is 35.8 Å². The molecular weight excluding hydrogens is 360 g/mol. The van der Waals surface area contributed by atoms with Crippen LogP contribution in [0.15, 0.2) is 0 Å². The topological polar surface area (TPSA) is 180 Å². The molecule has 0 bridgehead atoms. The van der Waals surface area contributed by atoms with E-state index in [1.807, 2.05) is 0 Å². The molecule has 146 valence electrons. The maximum absolute atomic E-state index is 11.8. The number of esters is 4. The van der Waals surface area contributed by atoms with Crippen LogP contribution in [0.2, 0.25) is 0 Å². The Hall–Kier alpha value is -3.18. The number of hydrogen-bond acceptors (Lipinski definition) is 10. The molecule has 12 nitrogen and oxygen atoms in total. The van der Waals surface area contributed by atoms with Crippen LogP contribution < -0.4 is 0 Å². The highest BCUT2D eigenvalue weighted by Gasteiger charge is 2.42. The predicted octanol–water partition coefficient (Wildman–Crippen LogP) is -1.11. The Morgan fingerprint density at radius 2 is 0.962 bits per heavy atom. The molecule has 0 saturated heterocycles. The van der Waals surface area contributed by atoms with Gasteiger partial charge in [0.2, 0.25) is 12.2 Å². The maximum atomic E-state index is 11.8. The van der Waals surface area contributed by atoms with Gasteiger partial charge in [-0.1, -0.05) is 0 Å². The van der Waals surface area contributed by atoms with Crippen molar-refractivity contribution in [2.45, 2.75) is 37.9 Å². The van der Waals surface area contributed by atoms with Crippen LogP contribution in [0, 0.1) is 0 Å². The van der Waals surface area contributed by atoms with Crippen LogP contribution in [0.3, 0.4) is 0 Å². The van der Waals surface area contributed by atoms with Gasteiger partial charge >= 0.3 is 35.8 Å². The van der Waals surface area contributed by atoms with Crippen LogP contribution in [-0.4, -0.2) is 72.5 Å². The first-order valence-electron chi connectivity index (χ1n) is 7.10. The smallest absolute Gasteiger partial charge is 0.351 e.